The van der Waals surface area contributed by atoms with Crippen molar-refractivity contribution in [2.45, 2.75) is 19.0 Å². The molecule has 4 aromatic rings. The number of carbonyl (C=O) groups is 2. The molecule has 1 atom stereocenters. The molecule has 2 aromatic carbocycles. The number of aromatic nitrogens is 3. The Kier molecular flexibility index (Phi) is 4.76. The van der Waals surface area contributed by atoms with Gasteiger partial charge in [0.05, 0.1) is 28.8 Å². The van der Waals surface area contributed by atoms with E-state index in [1.807, 2.05) is 35.2 Å². The van der Waals surface area contributed by atoms with Crippen LogP contribution in [0.25, 0.3) is 10.9 Å². The lowest BCUT2D eigenvalue weighted by molar-refractivity contribution is 0.0623. The second kappa shape index (κ2) is 7.72. The highest BCUT2D eigenvalue weighted by atomic mass is 32.1. The monoisotopic (exact) mass is 417 g/mol. The van der Waals surface area contributed by atoms with Crippen LogP contribution >= 0.6 is 11.3 Å². The van der Waals surface area contributed by atoms with Crippen LogP contribution in [0.4, 0.5) is 0 Å². The van der Waals surface area contributed by atoms with E-state index in [4.69, 9.17) is 0 Å². The summed E-state index contributed by atoms with van der Waals surface area (Å²) < 4.78 is 0. The van der Waals surface area contributed by atoms with E-state index in [0.717, 1.165) is 16.5 Å². The van der Waals surface area contributed by atoms with Gasteiger partial charge in [-0.05, 0) is 29.7 Å². The molecule has 0 fully saturated rings. The lowest BCUT2D eigenvalue weighted by Gasteiger charge is -2.36. The Morgan fingerprint density at radius 2 is 2.03 bits per heavy atom. The summed E-state index contributed by atoms with van der Waals surface area (Å²) in [4.78, 5) is 32.0. The van der Waals surface area contributed by atoms with Gasteiger partial charge in [-0.15, -0.1) is 11.3 Å². The molecule has 7 nitrogen and oxygen atoms in total. The average Bonchev–Trinajstić information content (AvgIpc) is 3.48. The third-order valence-corrected chi connectivity index (χ3v) is 6.08. The van der Waals surface area contributed by atoms with E-state index in [1.165, 1.54) is 16.9 Å². The summed E-state index contributed by atoms with van der Waals surface area (Å²) in [7, 11) is 0. The van der Waals surface area contributed by atoms with Crippen molar-refractivity contribution in [1.29, 1.82) is 0 Å². The molecular formula is C22H19N5O2S. The number of nitrogens with one attached hydrogen (secondary N) is 2. The first-order valence-corrected chi connectivity index (χ1v) is 10.6. The predicted molar refractivity (Wildman–Crippen MR) is 114 cm³/mol. The third-order valence-electron chi connectivity index (χ3n) is 5.50. The van der Waals surface area contributed by atoms with Crippen molar-refractivity contribution in [3.05, 3.63) is 81.9 Å². The number of hydrogen-bond donors (Lipinski definition) is 2. The molecule has 0 aliphatic carbocycles. The zero-order valence-electron chi connectivity index (χ0n) is 16.0. The Morgan fingerprint density at radius 3 is 2.87 bits per heavy atom. The minimum absolute atomic E-state index is 0.109. The Morgan fingerprint density at radius 1 is 1.17 bits per heavy atom. The van der Waals surface area contributed by atoms with Crippen LogP contribution in [0.3, 0.4) is 0 Å². The van der Waals surface area contributed by atoms with Gasteiger partial charge in [0.2, 0.25) is 0 Å². The molecule has 2 N–H and O–H groups in total. The van der Waals surface area contributed by atoms with E-state index in [-0.39, 0.29) is 17.9 Å². The average molecular weight is 417 g/mol. The van der Waals surface area contributed by atoms with Crippen LogP contribution < -0.4 is 5.32 Å². The van der Waals surface area contributed by atoms with Crippen LogP contribution in [0, 0.1) is 0 Å². The number of carbonyl (C=O) groups excluding carboxylic acids is 2. The zero-order chi connectivity index (χ0) is 20.5. The van der Waals surface area contributed by atoms with Gasteiger partial charge in [-0.1, -0.05) is 30.3 Å². The van der Waals surface area contributed by atoms with Crippen molar-refractivity contribution < 1.29 is 9.59 Å². The molecule has 1 aliphatic heterocycles. The van der Waals surface area contributed by atoms with E-state index < -0.39 is 0 Å². The van der Waals surface area contributed by atoms with Gasteiger partial charge in [0.25, 0.3) is 11.8 Å². The molecule has 0 spiro atoms. The second-order valence-corrected chi connectivity index (χ2v) is 8.00. The van der Waals surface area contributed by atoms with Crippen LogP contribution in [0.1, 0.15) is 32.0 Å². The normalized spacial score (nSPS) is 15.7. The third kappa shape index (κ3) is 3.35. The van der Waals surface area contributed by atoms with E-state index in [1.54, 1.807) is 23.2 Å². The maximum Gasteiger partial charge on any atom is 0.273 e. The van der Waals surface area contributed by atoms with Crippen molar-refractivity contribution in [3.63, 3.8) is 0 Å². The number of thiazole rings is 1. The van der Waals surface area contributed by atoms with Crippen LogP contribution in [-0.2, 0) is 13.0 Å². The first kappa shape index (κ1) is 18.5. The highest BCUT2D eigenvalue weighted by molar-refractivity contribution is 7.07. The molecule has 1 unspecified atom stereocenters. The number of rotatable bonds is 4. The van der Waals surface area contributed by atoms with E-state index >= 15 is 0 Å². The molecule has 0 bridgehead atoms. The lowest BCUT2D eigenvalue weighted by Crippen LogP contribution is -2.50. The maximum absolute atomic E-state index is 13.1. The van der Waals surface area contributed by atoms with E-state index in [0.29, 0.717) is 30.8 Å². The highest BCUT2D eigenvalue weighted by Crippen LogP contribution is 2.25. The van der Waals surface area contributed by atoms with Crippen LogP contribution in [-0.4, -0.2) is 44.5 Å². The number of benzene rings is 2. The molecule has 30 heavy (non-hydrogen) atoms. The van der Waals surface area contributed by atoms with Crippen LogP contribution in [0.5, 0.6) is 0 Å². The summed E-state index contributed by atoms with van der Waals surface area (Å²) in [5, 5.41) is 12.5. The Labute approximate surface area is 176 Å². The Hall–Kier alpha value is -3.52. The maximum atomic E-state index is 13.1. The van der Waals surface area contributed by atoms with Gasteiger partial charge in [-0.2, -0.15) is 5.10 Å². The molecule has 0 saturated heterocycles. The van der Waals surface area contributed by atoms with Gasteiger partial charge in [-0.3, -0.25) is 14.7 Å². The van der Waals surface area contributed by atoms with Crippen molar-refractivity contribution >= 4 is 34.1 Å². The Bertz CT molecular complexity index is 1220. The van der Waals surface area contributed by atoms with Gasteiger partial charge in [0, 0.05) is 23.9 Å². The summed E-state index contributed by atoms with van der Waals surface area (Å²) in [5.41, 5.74) is 5.82. The number of nitrogens with zero attached hydrogens (tertiary/aromatic N) is 3. The molecule has 1 aliphatic rings. The molecule has 2 amide bonds. The molecule has 3 heterocycles. The Balaban J connectivity index is 1.39. The molecule has 0 saturated carbocycles. The largest absolute Gasteiger partial charge is 0.350 e. The smallest absolute Gasteiger partial charge is 0.273 e. The van der Waals surface area contributed by atoms with Gasteiger partial charge in [0.15, 0.2) is 0 Å². The number of fused-ring (bicyclic) bond motifs is 2. The number of H-pyrrole nitrogens is 1. The highest BCUT2D eigenvalue weighted by Gasteiger charge is 2.31. The van der Waals surface area contributed by atoms with Crippen LogP contribution in [0.15, 0.2) is 59.6 Å². The zero-order valence-corrected chi connectivity index (χ0v) is 16.9. The number of hydrogen-bond acceptors (Lipinski definition) is 5. The first-order chi connectivity index (χ1) is 14.7. The molecule has 0 radical (unpaired) electrons. The molecule has 5 rings (SSSR count). The summed E-state index contributed by atoms with van der Waals surface area (Å²) in [6, 6.07) is 13.5. The fourth-order valence-corrected chi connectivity index (χ4v) is 4.47. The standard InChI is InChI=1S/C22H19N5O2S/c28-21(17-6-3-7-19-18(17)10-25-26-19)23-9-16-8-14-4-1-2-5-15(14)11-27(16)22(29)20-12-30-13-24-20/h1-7,10,12-13,16H,8-9,11H2,(H,23,28)(H,25,26). The lowest BCUT2D eigenvalue weighted by atomic mass is 9.93. The van der Waals surface area contributed by atoms with Crippen molar-refractivity contribution in [2.24, 2.45) is 0 Å². The summed E-state index contributed by atoms with van der Waals surface area (Å²) in [5.74, 6) is -0.288. The number of aromatic amines is 1. The van der Waals surface area contributed by atoms with Gasteiger partial charge < -0.3 is 10.2 Å². The second-order valence-electron chi connectivity index (χ2n) is 7.28. The fraction of sp³-hybridized carbons (Fsp3) is 0.182. The van der Waals surface area contributed by atoms with E-state index in [9.17, 15) is 9.59 Å². The predicted octanol–water partition coefficient (Wildman–Crippen LogP) is 3.02. The SMILES string of the molecule is O=C(NCC1Cc2ccccc2CN1C(=O)c1cscn1)c1cccc2[nH]ncc12. The van der Waals surface area contributed by atoms with Crippen LogP contribution in [0.2, 0.25) is 0 Å². The fourth-order valence-electron chi connectivity index (χ4n) is 3.94. The molecular weight excluding hydrogens is 398 g/mol. The summed E-state index contributed by atoms with van der Waals surface area (Å²) in [6.45, 7) is 0.863. The summed E-state index contributed by atoms with van der Waals surface area (Å²) in [6.07, 6.45) is 2.33. The molecule has 8 heteroatoms. The van der Waals surface area contributed by atoms with Crippen molar-refractivity contribution in [3.8, 4) is 0 Å². The minimum atomic E-state index is -0.179. The molecule has 150 valence electrons. The van der Waals surface area contributed by atoms with Gasteiger partial charge in [-0.25, -0.2) is 4.98 Å². The number of amides is 2. The van der Waals surface area contributed by atoms with Crippen molar-refractivity contribution in [1.82, 2.24) is 25.4 Å². The van der Waals surface area contributed by atoms with E-state index in [2.05, 4.69) is 26.6 Å². The van der Waals surface area contributed by atoms with Gasteiger partial charge in [0.1, 0.15) is 5.69 Å². The quantitative estimate of drug-likeness (QED) is 0.534. The van der Waals surface area contributed by atoms with Gasteiger partial charge >= 0.3 is 0 Å². The molecule has 2 aromatic heterocycles. The van der Waals surface area contributed by atoms with Crippen molar-refractivity contribution in [2.75, 3.05) is 6.54 Å². The summed E-state index contributed by atoms with van der Waals surface area (Å²) >= 11 is 1.40. The topological polar surface area (TPSA) is 91.0 Å². The first-order valence-electron chi connectivity index (χ1n) is 9.67. The minimum Gasteiger partial charge on any atom is -0.350 e.